The van der Waals surface area contributed by atoms with E-state index in [1.54, 1.807) is 6.92 Å². The molecule has 0 spiro atoms. The zero-order chi connectivity index (χ0) is 11.8. The highest BCUT2D eigenvalue weighted by molar-refractivity contribution is 5.87. The van der Waals surface area contributed by atoms with Crippen molar-refractivity contribution < 1.29 is 9.53 Å². The summed E-state index contributed by atoms with van der Waals surface area (Å²) >= 11 is 0. The van der Waals surface area contributed by atoms with E-state index in [4.69, 9.17) is 4.74 Å². The van der Waals surface area contributed by atoms with Gasteiger partial charge in [0.05, 0.1) is 0 Å². The van der Waals surface area contributed by atoms with Crippen molar-refractivity contribution in [3.63, 3.8) is 0 Å². The molecule has 0 aliphatic carbocycles. The van der Waals surface area contributed by atoms with Crippen LogP contribution < -0.4 is 0 Å². The molecule has 0 fully saturated rings. The number of hydrogen-bond acceptors (Lipinski definition) is 2. The first kappa shape index (κ1) is 14.2. The fourth-order valence-electron chi connectivity index (χ4n) is 1.77. The lowest BCUT2D eigenvalue weighted by Crippen LogP contribution is -2.26. The van der Waals surface area contributed by atoms with Gasteiger partial charge in [-0.1, -0.05) is 33.8 Å². The van der Waals surface area contributed by atoms with Crippen molar-refractivity contribution in [1.82, 2.24) is 0 Å². The molecule has 0 heterocycles. The zero-order valence-corrected chi connectivity index (χ0v) is 10.5. The predicted molar refractivity (Wildman–Crippen MR) is 63.7 cm³/mol. The van der Waals surface area contributed by atoms with Gasteiger partial charge in [-0.3, -0.25) is 0 Å². The lowest BCUT2D eigenvalue weighted by atomic mass is 9.92. The summed E-state index contributed by atoms with van der Waals surface area (Å²) in [7, 11) is 0. The van der Waals surface area contributed by atoms with E-state index in [-0.39, 0.29) is 12.1 Å². The molecule has 0 amide bonds. The number of carbonyl (C=O) groups excluding carboxylic acids is 1. The van der Waals surface area contributed by atoms with Crippen LogP contribution in [0.15, 0.2) is 12.2 Å². The highest BCUT2D eigenvalue weighted by atomic mass is 16.5. The summed E-state index contributed by atoms with van der Waals surface area (Å²) in [6, 6.07) is 0. The fourth-order valence-corrected chi connectivity index (χ4v) is 1.77. The van der Waals surface area contributed by atoms with Crippen LogP contribution in [0.4, 0.5) is 0 Å². The average molecular weight is 212 g/mol. The zero-order valence-electron chi connectivity index (χ0n) is 10.5. The number of esters is 1. The van der Waals surface area contributed by atoms with Crippen LogP contribution in [-0.2, 0) is 9.53 Å². The molecule has 0 rings (SSSR count). The Kier molecular flexibility index (Phi) is 7.10. The molecule has 0 aromatic heterocycles. The Labute approximate surface area is 93.7 Å². The second kappa shape index (κ2) is 7.49. The molecule has 0 aromatic carbocycles. The third kappa shape index (κ3) is 5.01. The van der Waals surface area contributed by atoms with E-state index in [1.807, 2.05) is 0 Å². The Balaban J connectivity index is 4.32. The minimum Gasteiger partial charge on any atom is -0.459 e. The third-order valence-corrected chi connectivity index (χ3v) is 2.72. The predicted octanol–water partition coefficient (Wildman–Crippen LogP) is 3.71. The Morgan fingerprint density at radius 3 is 2.20 bits per heavy atom. The largest absolute Gasteiger partial charge is 0.459 e. The molecule has 0 saturated carbocycles. The first-order valence-electron chi connectivity index (χ1n) is 5.93. The van der Waals surface area contributed by atoms with Gasteiger partial charge in [0.2, 0.25) is 0 Å². The van der Waals surface area contributed by atoms with Crippen LogP contribution >= 0.6 is 0 Å². The molecule has 0 aromatic rings. The minimum absolute atomic E-state index is 0.0548. The van der Waals surface area contributed by atoms with E-state index in [2.05, 4.69) is 27.4 Å². The normalized spacial score (nSPS) is 14.4. The third-order valence-electron chi connectivity index (χ3n) is 2.72. The summed E-state index contributed by atoms with van der Waals surface area (Å²) < 4.78 is 5.43. The van der Waals surface area contributed by atoms with Crippen molar-refractivity contribution in [3.05, 3.63) is 12.2 Å². The summed E-state index contributed by atoms with van der Waals surface area (Å²) in [6.45, 7) is 11.7. The second-order valence-corrected chi connectivity index (χ2v) is 4.09. The van der Waals surface area contributed by atoms with Gasteiger partial charge < -0.3 is 4.74 Å². The van der Waals surface area contributed by atoms with Crippen molar-refractivity contribution in [2.45, 2.75) is 59.5 Å². The highest BCUT2D eigenvalue weighted by Gasteiger charge is 2.21. The van der Waals surface area contributed by atoms with Crippen LogP contribution in [0, 0.1) is 5.92 Å². The molecule has 0 saturated heterocycles. The van der Waals surface area contributed by atoms with Gasteiger partial charge in [0, 0.05) is 5.57 Å². The summed E-state index contributed by atoms with van der Waals surface area (Å²) in [4.78, 5) is 11.4. The Bertz CT molecular complexity index is 209. The minimum atomic E-state index is -0.253. The molecule has 2 unspecified atom stereocenters. The quantitative estimate of drug-likeness (QED) is 0.475. The molecule has 2 atom stereocenters. The van der Waals surface area contributed by atoms with Crippen LogP contribution in [0.25, 0.3) is 0 Å². The second-order valence-electron chi connectivity index (χ2n) is 4.09. The lowest BCUT2D eigenvalue weighted by Gasteiger charge is -2.25. The summed E-state index contributed by atoms with van der Waals surface area (Å²) in [5.74, 6) is 0.236. The van der Waals surface area contributed by atoms with E-state index in [0.29, 0.717) is 11.5 Å². The molecule has 0 aliphatic rings. The summed E-state index contributed by atoms with van der Waals surface area (Å²) in [5, 5.41) is 0. The maximum Gasteiger partial charge on any atom is 0.333 e. The molecule has 2 heteroatoms. The maximum absolute atomic E-state index is 11.4. The highest BCUT2D eigenvalue weighted by Crippen LogP contribution is 2.21. The molecule has 88 valence electrons. The number of rotatable bonds is 7. The van der Waals surface area contributed by atoms with Gasteiger partial charge in [0.25, 0.3) is 0 Å². The topological polar surface area (TPSA) is 26.3 Å². The van der Waals surface area contributed by atoms with Crippen molar-refractivity contribution in [3.8, 4) is 0 Å². The number of hydrogen-bond donors (Lipinski definition) is 0. The van der Waals surface area contributed by atoms with E-state index >= 15 is 0 Å². The Hall–Kier alpha value is -0.790. The van der Waals surface area contributed by atoms with Gasteiger partial charge in [-0.2, -0.15) is 0 Å². The van der Waals surface area contributed by atoms with Gasteiger partial charge in [-0.15, -0.1) is 0 Å². The summed E-state index contributed by atoms with van der Waals surface area (Å²) in [6.07, 6.45) is 4.27. The van der Waals surface area contributed by atoms with Crippen molar-refractivity contribution in [1.29, 1.82) is 0 Å². The smallest absolute Gasteiger partial charge is 0.333 e. The van der Waals surface area contributed by atoms with E-state index in [0.717, 1.165) is 25.7 Å². The molecule has 0 N–H and O–H groups in total. The Morgan fingerprint density at radius 1 is 1.27 bits per heavy atom. The van der Waals surface area contributed by atoms with Gasteiger partial charge in [-0.25, -0.2) is 4.79 Å². The van der Waals surface area contributed by atoms with Crippen molar-refractivity contribution in [2.24, 2.45) is 5.92 Å². The fraction of sp³-hybridized carbons (Fsp3) is 0.769. The van der Waals surface area contributed by atoms with Gasteiger partial charge in [-0.05, 0) is 32.1 Å². The molecular formula is C13H24O2. The SMILES string of the molecule is C=C(C)C(=O)OC(CC)C(CC)CCC. The monoisotopic (exact) mass is 212 g/mol. The van der Waals surface area contributed by atoms with Crippen LogP contribution in [0.1, 0.15) is 53.4 Å². The maximum atomic E-state index is 11.4. The van der Waals surface area contributed by atoms with Gasteiger partial charge in [0.1, 0.15) is 6.10 Å². The van der Waals surface area contributed by atoms with Crippen LogP contribution in [0.3, 0.4) is 0 Å². The number of ether oxygens (including phenoxy) is 1. The van der Waals surface area contributed by atoms with Crippen molar-refractivity contribution in [2.75, 3.05) is 0 Å². The molecular weight excluding hydrogens is 188 g/mol. The van der Waals surface area contributed by atoms with Crippen LogP contribution in [-0.4, -0.2) is 12.1 Å². The molecule has 0 aliphatic heterocycles. The van der Waals surface area contributed by atoms with Crippen LogP contribution in [0.2, 0.25) is 0 Å². The van der Waals surface area contributed by atoms with Gasteiger partial charge >= 0.3 is 5.97 Å². The molecule has 0 radical (unpaired) electrons. The molecule has 2 nitrogen and oxygen atoms in total. The van der Waals surface area contributed by atoms with Crippen molar-refractivity contribution >= 4 is 5.97 Å². The number of carbonyl (C=O) groups is 1. The Morgan fingerprint density at radius 2 is 1.87 bits per heavy atom. The molecule has 15 heavy (non-hydrogen) atoms. The first-order valence-corrected chi connectivity index (χ1v) is 5.93. The van der Waals surface area contributed by atoms with Crippen LogP contribution in [0.5, 0.6) is 0 Å². The lowest BCUT2D eigenvalue weighted by molar-refractivity contribution is -0.147. The van der Waals surface area contributed by atoms with E-state index in [9.17, 15) is 4.79 Å². The summed E-state index contributed by atoms with van der Waals surface area (Å²) in [5.41, 5.74) is 0.486. The first-order chi connectivity index (χ1) is 7.06. The standard InChI is InChI=1S/C13H24O2/c1-6-9-11(7-2)12(8-3)15-13(14)10(4)5/h11-12H,4,6-9H2,1-3,5H3. The molecule has 0 bridgehead atoms. The van der Waals surface area contributed by atoms with E-state index < -0.39 is 0 Å². The van der Waals surface area contributed by atoms with E-state index in [1.165, 1.54) is 0 Å². The van der Waals surface area contributed by atoms with Gasteiger partial charge in [0.15, 0.2) is 0 Å². The average Bonchev–Trinajstić information content (AvgIpc) is 2.22.